The molecule has 0 fully saturated rings. The first-order chi connectivity index (χ1) is 8.46. The van der Waals surface area contributed by atoms with Crippen LogP contribution in [0.15, 0.2) is 24.3 Å². The molecule has 0 aliphatic rings. The normalized spacial score (nSPS) is 11.2. The highest BCUT2D eigenvalue weighted by Gasteiger charge is 2.09. The molecule has 0 aliphatic heterocycles. The van der Waals surface area contributed by atoms with E-state index in [0.717, 1.165) is 5.69 Å². The topological polar surface area (TPSA) is 84.2 Å². The van der Waals surface area contributed by atoms with E-state index in [1.807, 2.05) is 18.2 Å². The summed E-state index contributed by atoms with van der Waals surface area (Å²) in [7, 11) is -3.21. The van der Waals surface area contributed by atoms with Crippen molar-refractivity contribution in [3.05, 3.63) is 29.8 Å². The number of para-hydroxylation sites is 1. The van der Waals surface area contributed by atoms with Crippen LogP contribution in [0.1, 0.15) is 12.5 Å². The minimum Gasteiger partial charge on any atom is -0.389 e. The van der Waals surface area contributed by atoms with Crippen LogP contribution in [0.5, 0.6) is 0 Å². The van der Waals surface area contributed by atoms with Gasteiger partial charge in [0.1, 0.15) is 4.99 Å². The van der Waals surface area contributed by atoms with Gasteiger partial charge in [0.05, 0.1) is 5.75 Å². The van der Waals surface area contributed by atoms with Crippen molar-refractivity contribution in [3.63, 3.8) is 0 Å². The smallest absolute Gasteiger partial charge is 0.213 e. The molecule has 0 aliphatic carbocycles. The fourth-order valence-electron chi connectivity index (χ4n) is 1.46. The van der Waals surface area contributed by atoms with Crippen molar-refractivity contribution in [1.29, 1.82) is 0 Å². The SMILES string of the molecule is CCNS(=O)(=O)CCNc1ccccc1C(N)=S. The van der Waals surface area contributed by atoms with Crippen LogP contribution in [-0.4, -0.2) is 32.2 Å². The van der Waals surface area contributed by atoms with Crippen molar-refractivity contribution in [2.45, 2.75) is 6.92 Å². The van der Waals surface area contributed by atoms with Crippen molar-refractivity contribution >= 4 is 32.9 Å². The van der Waals surface area contributed by atoms with Crippen molar-refractivity contribution < 1.29 is 8.42 Å². The summed E-state index contributed by atoms with van der Waals surface area (Å²) in [5.41, 5.74) is 7.04. The molecule has 0 heterocycles. The predicted octanol–water partition coefficient (Wildman–Crippen LogP) is 0.672. The average Bonchev–Trinajstić information content (AvgIpc) is 2.29. The molecule has 7 heteroatoms. The van der Waals surface area contributed by atoms with Crippen LogP contribution in [0, 0.1) is 0 Å². The van der Waals surface area contributed by atoms with Gasteiger partial charge in [-0.1, -0.05) is 31.3 Å². The van der Waals surface area contributed by atoms with E-state index in [9.17, 15) is 8.42 Å². The first-order valence-corrected chi connectivity index (χ1v) is 7.62. The lowest BCUT2D eigenvalue weighted by Crippen LogP contribution is -2.29. The third-order valence-corrected chi connectivity index (χ3v) is 3.93. The van der Waals surface area contributed by atoms with Gasteiger partial charge in [0.15, 0.2) is 0 Å². The number of thiocarbonyl (C=S) groups is 1. The first kappa shape index (κ1) is 14.9. The molecule has 1 rings (SSSR count). The minimum absolute atomic E-state index is 0.00646. The highest BCUT2D eigenvalue weighted by Crippen LogP contribution is 2.14. The molecule has 0 spiro atoms. The highest BCUT2D eigenvalue weighted by atomic mass is 32.2. The summed E-state index contributed by atoms with van der Waals surface area (Å²) in [5.74, 6) is 0.00646. The number of anilines is 1. The average molecular weight is 287 g/mol. The molecule has 0 bridgehead atoms. The van der Waals surface area contributed by atoms with Crippen LogP contribution in [0.2, 0.25) is 0 Å². The number of sulfonamides is 1. The van der Waals surface area contributed by atoms with Gasteiger partial charge in [0.25, 0.3) is 0 Å². The number of hydrogen-bond donors (Lipinski definition) is 3. The minimum atomic E-state index is -3.21. The Bertz CT molecular complexity index is 515. The van der Waals surface area contributed by atoms with E-state index in [4.69, 9.17) is 18.0 Å². The third kappa shape index (κ3) is 4.59. The Labute approximate surface area is 113 Å². The third-order valence-electron chi connectivity index (χ3n) is 2.24. The Balaban J connectivity index is 2.62. The number of nitrogens with one attached hydrogen (secondary N) is 2. The van der Waals surface area contributed by atoms with Gasteiger partial charge in [-0.2, -0.15) is 0 Å². The zero-order chi connectivity index (χ0) is 13.6. The molecule has 0 atom stereocenters. The summed E-state index contributed by atoms with van der Waals surface area (Å²) < 4.78 is 25.3. The van der Waals surface area contributed by atoms with Gasteiger partial charge in [-0.3, -0.25) is 0 Å². The number of rotatable bonds is 7. The van der Waals surface area contributed by atoms with Crippen LogP contribution < -0.4 is 15.8 Å². The number of hydrogen-bond acceptors (Lipinski definition) is 4. The van der Waals surface area contributed by atoms with Gasteiger partial charge in [-0.25, -0.2) is 13.1 Å². The largest absolute Gasteiger partial charge is 0.389 e. The van der Waals surface area contributed by atoms with Crippen molar-refractivity contribution in [2.24, 2.45) is 5.73 Å². The molecule has 0 amide bonds. The van der Waals surface area contributed by atoms with Crippen LogP contribution in [0.4, 0.5) is 5.69 Å². The quantitative estimate of drug-likeness (QED) is 0.642. The zero-order valence-electron chi connectivity index (χ0n) is 10.1. The standard InChI is InChI=1S/C11H17N3O2S2/c1-2-14-18(15,16)8-7-13-10-6-4-3-5-9(10)11(12)17/h3-6,13-14H,2,7-8H2,1H3,(H2,12,17). The summed E-state index contributed by atoms with van der Waals surface area (Å²) in [5, 5.41) is 3.02. The lowest BCUT2D eigenvalue weighted by Gasteiger charge is -2.11. The zero-order valence-corrected chi connectivity index (χ0v) is 11.8. The summed E-state index contributed by atoms with van der Waals surface area (Å²) in [6, 6.07) is 7.27. The van der Waals surface area contributed by atoms with Gasteiger partial charge in [-0.05, 0) is 12.1 Å². The van der Waals surface area contributed by atoms with Crippen LogP contribution in [-0.2, 0) is 10.0 Å². The predicted molar refractivity (Wildman–Crippen MR) is 78.3 cm³/mol. The van der Waals surface area contributed by atoms with Crippen molar-refractivity contribution in [1.82, 2.24) is 4.72 Å². The van der Waals surface area contributed by atoms with Crippen LogP contribution in [0.3, 0.4) is 0 Å². The van der Waals surface area contributed by atoms with E-state index in [1.165, 1.54) is 0 Å². The fraction of sp³-hybridized carbons (Fsp3) is 0.364. The summed E-state index contributed by atoms with van der Waals surface area (Å²) in [6.07, 6.45) is 0. The maximum Gasteiger partial charge on any atom is 0.213 e. The second-order valence-corrected chi connectivity index (χ2v) is 6.02. The van der Waals surface area contributed by atoms with E-state index in [2.05, 4.69) is 10.0 Å². The molecule has 0 unspecified atom stereocenters. The van der Waals surface area contributed by atoms with E-state index in [0.29, 0.717) is 18.7 Å². The van der Waals surface area contributed by atoms with Gasteiger partial charge in [0, 0.05) is 24.3 Å². The molecular formula is C11H17N3O2S2. The molecule has 5 nitrogen and oxygen atoms in total. The van der Waals surface area contributed by atoms with Gasteiger partial charge in [0.2, 0.25) is 10.0 Å². The Kier molecular flexibility index (Phi) is 5.52. The fourth-order valence-corrected chi connectivity index (χ4v) is 2.60. The summed E-state index contributed by atoms with van der Waals surface area (Å²) in [4.78, 5) is 0.285. The Morgan fingerprint density at radius 2 is 2.06 bits per heavy atom. The summed E-state index contributed by atoms with van der Waals surface area (Å²) in [6.45, 7) is 2.44. The number of benzene rings is 1. The maximum atomic E-state index is 11.4. The molecule has 0 aromatic heterocycles. The molecule has 4 N–H and O–H groups in total. The second-order valence-electron chi connectivity index (χ2n) is 3.65. The molecule has 0 saturated carbocycles. The molecular weight excluding hydrogens is 270 g/mol. The molecule has 0 radical (unpaired) electrons. The van der Waals surface area contributed by atoms with E-state index >= 15 is 0 Å². The van der Waals surface area contributed by atoms with E-state index in [-0.39, 0.29) is 10.7 Å². The Morgan fingerprint density at radius 3 is 2.67 bits per heavy atom. The van der Waals surface area contributed by atoms with E-state index < -0.39 is 10.0 Å². The molecule has 1 aromatic carbocycles. The Morgan fingerprint density at radius 1 is 1.39 bits per heavy atom. The molecule has 0 saturated heterocycles. The first-order valence-electron chi connectivity index (χ1n) is 5.56. The summed E-state index contributed by atoms with van der Waals surface area (Å²) >= 11 is 4.92. The van der Waals surface area contributed by atoms with Crippen molar-refractivity contribution in [2.75, 3.05) is 24.2 Å². The Hall–Kier alpha value is -1.18. The van der Waals surface area contributed by atoms with Crippen molar-refractivity contribution in [3.8, 4) is 0 Å². The van der Waals surface area contributed by atoms with Crippen LogP contribution >= 0.6 is 12.2 Å². The lowest BCUT2D eigenvalue weighted by atomic mass is 10.2. The highest BCUT2D eigenvalue weighted by molar-refractivity contribution is 7.89. The van der Waals surface area contributed by atoms with Gasteiger partial charge >= 0.3 is 0 Å². The maximum absolute atomic E-state index is 11.4. The number of nitrogens with two attached hydrogens (primary N) is 1. The monoisotopic (exact) mass is 287 g/mol. The van der Waals surface area contributed by atoms with Crippen LogP contribution in [0.25, 0.3) is 0 Å². The second kappa shape index (κ2) is 6.67. The molecule has 1 aromatic rings. The van der Waals surface area contributed by atoms with Gasteiger partial charge < -0.3 is 11.1 Å². The van der Waals surface area contributed by atoms with Gasteiger partial charge in [-0.15, -0.1) is 0 Å². The van der Waals surface area contributed by atoms with E-state index in [1.54, 1.807) is 13.0 Å². The molecule has 18 heavy (non-hydrogen) atoms. The molecule has 100 valence electrons. The lowest BCUT2D eigenvalue weighted by molar-refractivity contribution is 0.584.